The van der Waals surface area contributed by atoms with Gasteiger partial charge in [-0.15, -0.1) is 0 Å². The van der Waals surface area contributed by atoms with Crippen LogP contribution >= 0.6 is 15.9 Å². The average molecular weight is 393 g/mol. The first-order valence-corrected chi connectivity index (χ1v) is 8.22. The Morgan fingerprint density at radius 3 is 2.54 bits per heavy atom. The Balaban J connectivity index is 2.05. The quantitative estimate of drug-likeness (QED) is 0.845. The lowest BCUT2D eigenvalue weighted by molar-refractivity contribution is -0.123. The Morgan fingerprint density at radius 2 is 1.92 bits per heavy atom. The number of aryl methyl sites for hydroxylation is 1. The van der Waals surface area contributed by atoms with Crippen LogP contribution in [0.3, 0.4) is 0 Å². The van der Waals surface area contributed by atoms with Gasteiger partial charge < -0.3 is 10.2 Å². The minimum absolute atomic E-state index is 0.0800. The van der Waals surface area contributed by atoms with Crippen molar-refractivity contribution in [3.05, 3.63) is 63.9 Å². The molecule has 0 aliphatic carbocycles. The van der Waals surface area contributed by atoms with Crippen molar-refractivity contribution in [3.8, 4) is 0 Å². The number of hydrogen-bond donors (Lipinski definition) is 1. The van der Waals surface area contributed by atoms with E-state index in [1.54, 1.807) is 24.3 Å². The van der Waals surface area contributed by atoms with Crippen LogP contribution in [0.1, 0.15) is 18.1 Å². The summed E-state index contributed by atoms with van der Waals surface area (Å²) in [5.74, 6) is -0.962. The molecule has 4 nitrogen and oxygen atoms in total. The fourth-order valence-corrected chi connectivity index (χ4v) is 2.46. The van der Waals surface area contributed by atoms with Crippen LogP contribution in [-0.2, 0) is 16.1 Å². The van der Waals surface area contributed by atoms with Gasteiger partial charge >= 0.3 is 0 Å². The third-order valence-electron chi connectivity index (χ3n) is 3.57. The molecule has 126 valence electrons. The molecule has 0 aromatic heterocycles. The number of nitrogens with one attached hydrogen (secondary N) is 1. The number of amides is 2. The molecule has 0 spiro atoms. The lowest BCUT2D eigenvalue weighted by Gasteiger charge is -2.21. The molecular weight excluding hydrogens is 375 g/mol. The van der Waals surface area contributed by atoms with E-state index in [-0.39, 0.29) is 30.7 Å². The molecule has 0 unspecified atom stereocenters. The van der Waals surface area contributed by atoms with Crippen LogP contribution in [0.2, 0.25) is 0 Å². The van der Waals surface area contributed by atoms with Gasteiger partial charge in [0.05, 0.1) is 0 Å². The summed E-state index contributed by atoms with van der Waals surface area (Å²) in [5, 5.41) is 2.64. The van der Waals surface area contributed by atoms with E-state index in [9.17, 15) is 14.0 Å². The van der Waals surface area contributed by atoms with E-state index in [4.69, 9.17) is 0 Å². The summed E-state index contributed by atoms with van der Waals surface area (Å²) < 4.78 is 14.5. The molecule has 0 heterocycles. The van der Waals surface area contributed by atoms with Crippen molar-refractivity contribution >= 4 is 33.4 Å². The van der Waals surface area contributed by atoms with Gasteiger partial charge in [0.25, 0.3) is 0 Å². The van der Waals surface area contributed by atoms with E-state index in [2.05, 4.69) is 21.2 Å². The average Bonchev–Trinajstić information content (AvgIpc) is 2.54. The van der Waals surface area contributed by atoms with Crippen molar-refractivity contribution in [1.82, 2.24) is 5.32 Å². The molecule has 0 saturated carbocycles. The van der Waals surface area contributed by atoms with Gasteiger partial charge in [-0.3, -0.25) is 9.59 Å². The number of carbonyl (C=O) groups excluding carboxylic acids is 2. The summed E-state index contributed by atoms with van der Waals surface area (Å²) in [6.45, 7) is 3.27. The summed E-state index contributed by atoms with van der Waals surface area (Å²) >= 11 is 3.41. The maximum absolute atomic E-state index is 13.6. The summed E-state index contributed by atoms with van der Waals surface area (Å²) in [4.78, 5) is 25.4. The topological polar surface area (TPSA) is 49.4 Å². The lowest BCUT2D eigenvalue weighted by Crippen LogP contribution is -2.39. The minimum atomic E-state index is -0.371. The van der Waals surface area contributed by atoms with Gasteiger partial charge in [-0.25, -0.2) is 4.39 Å². The second-order valence-corrected chi connectivity index (χ2v) is 6.26. The Kier molecular flexibility index (Phi) is 6.09. The Morgan fingerprint density at radius 1 is 1.21 bits per heavy atom. The monoisotopic (exact) mass is 392 g/mol. The molecule has 0 bridgehead atoms. The molecule has 0 radical (unpaired) electrons. The van der Waals surface area contributed by atoms with E-state index >= 15 is 0 Å². The fraction of sp³-hybridized carbons (Fsp3) is 0.222. The van der Waals surface area contributed by atoms with Crippen molar-refractivity contribution in [2.24, 2.45) is 0 Å². The minimum Gasteiger partial charge on any atom is -0.350 e. The zero-order chi connectivity index (χ0) is 17.7. The van der Waals surface area contributed by atoms with Gasteiger partial charge in [-0.2, -0.15) is 0 Å². The molecule has 2 rings (SSSR count). The van der Waals surface area contributed by atoms with Gasteiger partial charge in [-0.1, -0.05) is 34.1 Å². The van der Waals surface area contributed by atoms with Gasteiger partial charge in [0.15, 0.2) is 0 Å². The molecule has 0 fully saturated rings. The van der Waals surface area contributed by atoms with Crippen LogP contribution in [0.15, 0.2) is 46.9 Å². The zero-order valence-corrected chi connectivity index (χ0v) is 15.1. The van der Waals surface area contributed by atoms with E-state index in [0.29, 0.717) is 11.3 Å². The molecule has 2 aromatic rings. The maximum Gasteiger partial charge on any atom is 0.240 e. The molecular formula is C18H18BrFN2O2. The molecule has 2 aromatic carbocycles. The second kappa shape index (κ2) is 8.06. The van der Waals surface area contributed by atoms with Crippen LogP contribution in [0, 0.1) is 12.7 Å². The van der Waals surface area contributed by atoms with Crippen molar-refractivity contribution in [1.29, 1.82) is 0 Å². The fourth-order valence-electron chi connectivity index (χ4n) is 2.22. The number of nitrogens with zero attached hydrogens (tertiary/aromatic N) is 1. The van der Waals surface area contributed by atoms with E-state index in [0.717, 1.165) is 10.0 Å². The zero-order valence-electron chi connectivity index (χ0n) is 13.5. The number of carbonyl (C=O) groups is 2. The highest BCUT2D eigenvalue weighted by Crippen LogP contribution is 2.23. The number of anilines is 1. The summed E-state index contributed by atoms with van der Waals surface area (Å²) in [7, 11) is 0. The Bertz CT molecular complexity index is 764. The first-order valence-electron chi connectivity index (χ1n) is 7.43. The van der Waals surface area contributed by atoms with Gasteiger partial charge in [0.2, 0.25) is 11.8 Å². The van der Waals surface area contributed by atoms with Crippen LogP contribution in [0.4, 0.5) is 10.1 Å². The third kappa shape index (κ3) is 4.64. The predicted molar refractivity (Wildman–Crippen MR) is 95.2 cm³/mol. The van der Waals surface area contributed by atoms with Crippen LogP contribution in [0.25, 0.3) is 0 Å². The van der Waals surface area contributed by atoms with Crippen LogP contribution in [-0.4, -0.2) is 18.4 Å². The highest BCUT2D eigenvalue weighted by molar-refractivity contribution is 9.10. The van der Waals surface area contributed by atoms with Gasteiger partial charge in [0, 0.05) is 29.2 Å². The van der Waals surface area contributed by atoms with Crippen LogP contribution in [0.5, 0.6) is 0 Å². The first-order chi connectivity index (χ1) is 11.4. The molecule has 0 aliphatic rings. The van der Waals surface area contributed by atoms with Crippen LogP contribution < -0.4 is 10.2 Å². The lowest BCUT2D eigenvalue weighted by atomic mass is 10.2. The van der Waals surface area contributed by atoms with Gasteiger partial charge in [-0.05, 0) is 36.8 Å². The molecule has 6 heteroatoms. The summed E-state index contributed by atoms with van der Waals surface area (Å²) in [6, 6.07) is 11.7. The molecule has 0 saturated heterocycles. The van der Waals surface area contributed by atoms with Gasteiger partial charge in [0.1, 0.15) is 12.4 Å². The van der Waals surface area contributed by atoms with E-state index in [1.165, 1.54) is 17.9 Å². The number of hydrogen-bond acceptors (Lipinski definition) is 2. The molecule has 0 atom stereocenters. The van der Waals surface area contributed by atoms with Crippen molar-refractivity contribution in [3.63, 3.8) is 0 Å². The van der Waals surface area contributed by atoms with E-state index in [1.807, 2.05) is 19.1 Å². The number of benzene rings is 2. The summed E-state index contributed by atoms with van der Waals surface area (Å²) in [5.41, 5.74) is 2.01. The normalized spacial score (nSPS) is 10.3. The first kappa shape index (κ1) is 18.1. The molecule has 1 N–H and O–H groups in total. The highest BCUT2D eigenvalue weighted by Gasteiger charge is 2.16. The summed E-state index contributed by atoms with van der Waals surface area (Å²) in [6.07, 6.45) is 0. The van der Waals surface area contributed by atoms with E-state index < -0.39 is 0 Å². The number of halogens is 2. The number of rotatable bonds is 5. The smallest absolute Gasteiger partial charge is 0.240 e. The maximum atomic E-state index is 13.6. The van der Waals surface area contributed by atoms with Crippen molar-refractivity contribution in [2.75, 3.05) is 11.4 Å². The third-order valence-corrected chi connectivity index (χ3v) is 4.46. The molecule has 2 amide bonds. The standard InChI is InChI=1S/C18H18BrFN2O2/c1-12-9-15(7-8-16(12)19)22(13(2)23)11-18(24)21-10-14-5-3-4-6-17(14)20/h3-9H,10-11H2,1-2H3,(H,21,24). The largest absolute Gasteiger partial charge is 0.350 e. The highest BCUT2D eigenvalue weighted by atomic mass is 79.9. The predicted octanol–water partition coefficient (Wildman–Crippen LogP) is 3.57. The Labute approximate surface area is 148 Å². The Hall–Kier alpha value is -2.21. The van der Waals surface area contributed by atoms with Crippen molar-refractivity contribution < 1.29 is 14.0 Å². The van der Waals surface area contributed by atoms with Crippen molar-refractivity contribution in [2.45, 2.75) is 20.4 Å². The molecule has 0 aliphatic heterocycles. The second-order valence-electron chi connectivity index (χ2n) is 5.41. The SMILES string of the molecule is CC(=O)N(CC(=O)NCc1ccccc1F)c1ccc(Br)c(C)c1. The molecule has 24 heavy (non-hydrogen) atoms.